The zero-order valence-electron chi connectivity index (χ0n) is 17.3. The monoisotopic (exact) mass is 463 g/mol. The number of ether oxygens (including phenoxy) is 3. The number of hydrogen-bond donors (Lipinski definition) is 7. The third-order valence-electron chi connectivity index (χ3n) is 5.35. The summed E-state index contributed by atoms with van der Waals surface area (Å²) in [5.41, 5.74) is 0.449. The van der Waals surface area contributed by atoms with Crippen LogP contribution in [0.5, 0.6) is 28.7 Å². The van der Waals surface area contributed by atoms with Crippen LogP contribution in [0, 0.1) is 0 Å². The van der Waals surface area contributed by atoms with Gasteiger partial charge < -0.3 is 50.0 Å². The van der Waals surface area contributed by atoms with Crippen molar-refractivity contribution in [2.24, 2.45) is 0 Å². The molecule has 176 valence electrons. The summed E-state index contributed by atoms with van der Waals surface area (Å²) in [6.45, 7) is -0.644. The van der Waals surface area contributed by atoms with E-state index in [0.717, 1.165) is 6.07 Å². The molecule has 2 aromatic carbocycles. The Morgan fingerprint density at radius 2 is 1.67 bits per heavy atom. The quantitative estimate of drug-likeness (QED) is 0.264. The van der Waals surface area contributed by atoms with Gasteiger partial charge in [-0.2, -0.15) is 0 Å². The SMILES string of the molecule is COc1cc(-c2[o+]c3cc(O)cc(O)c3cc2O[C@H]2O[C@@H](CO)[C@H](O)[C@@H](O)[C@@H]2O)ccc1O. The predicted octanol–water partition coefficient (Wildman–Crippen LogP) is 0.685. The molecule has 1 aromatic heterocycles. The predicted molar refractivity (Wildman–Crippen MR) is 112 cm³/mol. The van der Waals surface area contributed by atoms with E-state index in [9.17, 15) is 35.7 Å². The standard InChI is InChI=1S/C22H22O11/c1-30-15-4-9(2-3-12(15)25)21-16(7-11-13(26)5-10(24)6-14(11)31-21)32-22-20(29)19(28)18(27)17(8-23)33-22/h2-7,17-20,22-23,27-29H,8H2,1H3,(H2-,24,25,26)/p+1/t17-,18-,19+,20-,22-/m0/s1. The Labute approximate surface area is 186 Å². The molecule has 2 heterocycles. The normalized spacial score (nSPS) is 25.2. The number of aliphatic hydroxyl groups is 4. The van der Waals surface area contributed by atoms with E-state index in [1.807, 2.05) is 0 Å². The molecule has 0 saturated carbocycles. The summed E-state index contributed by atoms with van der Waals surface area (Å²) in [4.78, 5) is 0. The van der Waals surface area contributed by atoms with Crippen LogP contribution in [0.25, 0.3) is 22.3 Å². The maximum Gasteiger partial charge on any atom is 0.402 e. The van der Waals surface area contributed by atoms with Crippen LogP contribution in [0.15, 0.2) is 40.8 Å². The van der Waals surface area contributed by atoms with E-state index in [1.54, 1.807) is 0 Å². The van der Waals surface area contributed by atoms with Crippen molar-refractivity contribution in [2.45, 2.75) is 30.7 Å². The fourth-order valence-corrected chi connectivity index (χ4v) is 3.58. The number of rotatable bonds is 5. The first-order valence-electron chi connectivity index (χ1n) is 9.91. The van der Waals surface area contributed by atoms with Crippen molar-refractivity contribution in [3.8, 4) is 40.1 Å². The Kier molecular flexibility index (Phi) is 6.15. The van der Waals surface area contributed by atoms with Crippen molar-refractivity contribution < 1.29 is 54.4 Å². The lowest BCUT2D eigenvalue weighted by molar-refractivity contribution is -0.277. The Morgan fingerprint density at radius 1 is 0.909 bits per heavy atom. The number of aromatic hydroxyl groups is 3. The first-order valence-corrected chi connectivity index (χ1v) is 9.91. The zero-order chi connectivity index (χ0) is 23.9. The average Bonchev–Trinajstić information content (AvgIpc) is 2.79. The van der Waals surface area contributed by atoms with Gasteiger partial charge in [0.25, 0.3) is 0 Å². The Hall–Kier alpha value is -3.35. The second-order valence-electron chi connectivity index (χ2n) is 7.52. The molecule has 1 saturated heterocycles. The van der Waals surface area contributed by atoms with Crippen molar-refractivity contribution in [2.75, 3.05) is 13.7 Å². The minimum Gasteiger partial charge on any atom is -0.507 e. The molecule has 0 aliphatic carbocycles. The minimum absolute atomic E-state index is 0.0442. The van der Waals surface area contributed by atoms with E-state index in [4.69, 9.17) is 18.6 Å². The number of phenolic OH excluding ortho intramolecular Hbond substituents is 3. The lowest BCUT2D eigenvalue weighted by atomic mass is 9.99. The molecular formula is C22H23O11+. The lowest BCUT2D eigenvalue weighted by Gasteiger charge is -2.39. The van der Waals surface area contributed by atoms with Crippen LogP contribution in [0.1, 0.15) is 0 Å². The summed E-state index contributed by atoms with van der Waals surface area (Å²) >= 11 is 0. The Bertz CT molecular complexity index is 1160. The van der Waals surface area contributed by atoms with Crippen LogP contribution in [0.4, 0.5) is 0 Å². The number of phenols is 3. The fraction of sp³-hybridized carbons (Fsp3) is 0.318. The Morgan fingerprint density at radius 3 is 2.36 bits per heavy atom. The summed E-state index contributed by atoms with van der Waals surface area (Å²) in [5.74, 6) is -0.583. The molecule has 7 N–H and O–H groups in total. The summed E-state index contributed by atoms with van der Waals surface area (Å²) in [6.07, 6.45) is -7.65. The maximum atomic E-state index is 10.4. The third-order valence-corrected chi connectivity index (χ3v) is 5.35. The smallest absolute Gasteiger partial charge is 0.402 e. The highest BCUT2D eigenvalue weighted by atomic mass is 16.7. The van der Waals surface area contributed by atoms with Gasteiger partial charge in [0, 0.05) is 18.2 Å². The molecule has 0 amide bonds. The third kappa shape index (κ3) is 4.19. The summed E-state index contributed by atoms with van der Waals surface area (Å²) < 4.78 is 22.2. The minimum atomic E-state index is -1.69. The van der Waals surface area contributed by atoms with E-state index in [-0.39, 0.29) is 45.5 Å². The van der Waals surface area contributed by atoms with E-state index in [0.29, 0.717) is 5.56 Å². The van der Waals surface area contributed by atoms with Crippen LogP contribution < -0.4 is 9.47 Å². The molecule has 1 aliphatic rings. The number of aliphatic hydroxyl groups excluding tert-OH is 4. The van der Waals surface area contributed by atoms with Crippen LogP contribution >= 0.6 is 0 Å². The second-order valence-corrected chi connectivity index (χ2v) is 7.52. The highest BCUT2D eigenvalue weighted by Gasteiger charge is 2.45. The Balaban J connectivity index is 1.84. The molecular weight excluding hydrogens is 440 g/mol. The maximum absolute atomic E-state index is 10.4. The number of methoxy groups -OCH3 is 1. The van der Waals surface area contributed by atoms with Gasteiger partial charge in [0.15, 0.2) is 11.5 Å². The molecule has 5 atom stereocenters. The summed E-state index contributed by atoms with van der Waals surface area (Å²) in [7, 11) is 1.36. The second kappa shape index (κ2) is 8.89. The molecule has 0 spiro atoms. The molecule has 0 bridgehead atoms. The van der Waals surface area contributed by atoms with Gasteiger partial charge in [0.05, 0.1) is 25.3 Å². The van der Waals surface area contributed by atoms with Gasteiger partial charge in [-0.3, -0.25) is 0 Å². The van der Waals surface area contributed by atoms with Gasteiger partial charge in [-0.25, -0.2) is 4.42 Å². The first kappa shape index (κ1) is 22.8. The highest BCUT2D eigenvalue weighted by molar-refractivity contribution is 5.88. The lowest BCUT2D eigenvalue weighted by Crippen LogP contribution is -2.60. The van der Waals surface area contributed by atoms with Gasteiger partial charge in [-0.15, -0.1) is 0 Å². The molecule has 33 heavy (non-hydrogen) atoms. The van der Waals surface area contributed by atoms with Gasteiger partial charge in [0.1, 0.15) is 41.3 Å². The average molecular weight is 463 g/mol. The van der Waals surface area contributed by atoms with E-state index < -0.39 is 37.3 Å². The summed E-state index contributed by atoms with van der Waals surface area (Å²) in [6, 6.07) is 8.02. The van der Waals surface area contributed by atoms with E-state index in [1.165, 1.54) is 37.4 Å². The number of fused-ring (bicyclic) bond motifs is 1. The highest BCUT2D eigenvalue weighted by Crippen LogP contribution is 2.42. The molecule has 3 aromatic rings. The molecule has 11 heteroatoms. The molecule has 1 fully saturated rings. The van der Waals surface area contributed by atoms with Crippen molar-refractivity contribution in [1.29, 1.82) is 0 Å². The van der Waals surface area contributed by atoms with Crippen LogP contribution in [-0.4, -0.2) is 80.2 Å². The van der Waals surface area contributed by atoms with Crippen LogP contribution in [0.2, 0.25) is 0 Å². The fourth-order valence-electron chi connectivity index (χ4n) is 3.58. The van der Waals surface area contributed by atoms with Gasteiger partial charge in [0.2, 0.25) is 12.0 Å². The van der Waals surface area contributed by atoms with Crippen molar-refractivity contribution >= 4 is 11.0 Å². The van der Waals surface area contributed by atoms with Crippen molar-refractivity contribution in [3.63, 3.8) is 0 Å². The summed E-state index contributed by atoms with van der Waals surface area (Å²) in [5, 5.41) is 70.0. The van der Waals surface area contributed by atoms with Gasteiger partial charge in [-0.05, 0) is 12.1 Å². The largest absolute Gasteiger partial charge is 0.507 e. The van der Waals surface area contributed by atoms with Crippen molar-refractivity contribution in [3.05, 3.63) is 36.4 Å². The van der Waals surface area contributed by atoms with E-state index >= 15 is 0 Å². The molecule has 1 aliphatic heterocycles. The molecule has 11 nitrogen and oxygen atoms in total. The van der Waals surface area contributed by atoms with Gasteiger partial charge in [-0.1, -0.05) is 0 Å². The first-order chi connectivity index (χ1) is 15.7. The van der Waals surface area contributed by atoms with E-state index in [2.05, 4.69) is 0 Å². The molecule has 0 unspecified atom stereocenters. The van der Waals surface area contributed by atoms with Crippen LogP contribution in [-0.2, 0) is 4.74 Å². The number of hydrogen-bond acceptors (Lipinski definition) is 10. The van der Waals surface area contributed by atoms with Crippen LogP contribution in [0.3, 0.4) is 0 Å². The molecule has 4 rings (SSSR count). The topological polar surface area (TPSA) is 181 Å². The number of benzene rings is 2. The molecule has 0 radical (unpaired) electrons. The van der Waals surface area contributed by atoms with Crippen molar-refractivity contribution in [1.82, 2.24) is 0 Å². The zero-order valence-corrected chi connectivity index (χ0v) is 17.3. The van der Waals surface area contributed by atoms with Gasteiger partial charge >= 0.3 is 11.3 Å².